The lowest BCUT2D eigenvalue weighted by Gasteiger charge is -2.30. The van der Waals surface area contributed by atoms with Crippen molar-refractivity contribution in [3.8, 4) is 5.75 Å². The second kappa shape index (κ2) is 15.1. The van der Waals surface area contributed by atoms with Gasteiger partial charge in [-0.25, -0.2) is 17.6 Å². The normalized spacial score (nSPS) is 13.8. The number of halogens is 1. The number of aromatic hydroxyl groups is 1. The number of rotatable bonds is 14. The van der Waals surface area contributed by atoms with E-state index in [1.54, 1.807) is 38.1 Å². The Morgan fingerprint density at radius 3 is 2.29 bits per heavy atom. The van der Waals surface area contributed by atoms with Crippen LogP contribution in [-0.4, -0.2) is 48.3 Å². The Morgan fingerprint density at radius 2 is 1.68 bits per heavy atom. The molecule has 1 amide bonds. The minimum atomic E-state index is -4.19. The number of nitrogens with zero attached hydrogens (tertiary/aromatic N) is 1. The van der Waals surface area contributed by atoms with Gasteiger partial charge in [0.05, 0.1) is 4.90 Å². The lowest BCUT2D eigenvalue weighted by atomic mass is 10.0. The largest absolute Gasteiger partial charge is 0.508 e. The molecule has 0 bridgehead atoms. The summed E-state index contributed by atoms with van der Waals surface area (Å²) in [5, 5.41) is 12.4. The predicted octanol–water partition coefficient (Wildman–Crippen LogP) is 4.89. The molecule has 8 nitrogen and oxygen atoms in total. The molecule has 2 N–H and O–H groups in total. The maximum absolute atomic E-state index is 13.9. The molecule has 0 aromatic heterocycles. The van der Waals surface area contributed by atoms with Crippen LogP contribution in [0.1, 0.15) is 49.3 Å². The Kier molecular flexibility index (Phi) is 11.8. The number of amides is 1. The third-order valence-corrected chi connectivity index (χ3v) is 8.75. The molecule has 0 saturated heterocycles. The number of carbonyl (C=O) groups excluding carboxylic acids is 2. The molecule has 3 rings (SSSR count). The van der Waals surface area contributed by atoms with Gasteiger partial charge >= 0.3 is 5.97 Å². The summed E-state index contributed by atoms with van der Waals surface area (Å²) >= 11 is 0. The van der Waals surface area contributed by atoms with Crippen molar-refractivity contribution in [1.29, 1.82) is 0 Å². The van der Waals surface area contributed by atoms with Crippen molar-refractivity contribution in [3.05, 3.63) is 95.6 Å². The van der Waals surface area contributed by atoms with Crippen molar-refractivity contribution in [1.82, 2.24) is 9.62 Å². The number of phenols is 1. The fraction of sp³-hybridized carbons (Fsp3) is 0.333. The summed E-state index contributed by atoms with van der Waals surface area (Å²) in [7, 11) is -2.20. The van der Waals surface area contributed by atoms with Gasteiger partial charge in [-0.3, -0.25) is 4.79 Å². The summed E-state index contributed by atoms with van der Waals surface area (Å²) in [5.74, 6) is -2.73. The van der Waals surface area contributed by atoms with Crippen LogP contribution < -0.4 is 5.32 Å². The first-order valence-electron chi connectivity index (χ1n) is 13.4. The number of ether oxygens (including phenoxy) is 1. The second-order valence-electron chi connectivity index (χ2n) is 9.54. The van der Waals surface area contributed by atoms with E-state index in [0.29, 0.717) is 12.0 Å². The van der Waals surface area contributed by atoms with E-state index in [1.807, 2.05) is 27.4 Å². The standard InChI is InChI=1S/C30H36FN2O6PS/c1-3-17-33(41(37,38)25-12-8-11-23(19-25)28(31)40)27(4-2)29(35)32-26(18-21-13-15-24(34)16-14-21)30(36)39-20-22-9-6-5-7-10-22/h5-16,19,26-28,34H,3-4,17-18,20,40H2,1-2H3,(H,32,35)/t26-,27-,28?/m0/s1. The maximum atomic E-state index is 13.9. The first kappa shape index (κ1) is 32.2. The molecule has 2 unspecified atom stereocenters. The number of esters is 1. The monoisotopic (exact) mass is 602 g/mol. The Bertz CT molecular complexity index is 1400. The molecule has 0 radical (unpaired) electrons. The van der Waals surface area contributed by atoms with E-state index in [9.17, 15) is 27.5 Å². The highest BCUT2D eigenvalue weighted by atomic mass is 32.2. The van der Waals surface area contributed by atoms with Gasteiger partial charge < -0.3 is 15.2 Å². The van der Waals surface area contributed by atoms with Gasteiger partial charge in [0.1, 0.15) is 30.4 Å². The average Bonchev–Trinajstić information content (AvgIpc) is 2.97. The highest BCUT2D eigenvalue weighted by molar-refractivity contribution is 7.89. The number of phenolic OH excluding ortho intramolecular Hbond substituents is 1. The van der Waals surface area contributed by atoms with Gasteiger partial charge in [-0.1, -0.05) is 77.7 Å². The van der Waals surface area contributed by atoms with Crippen molar-refractivity contribution >= 4 is 31.1 Å². The smallest absolute Gasteiger partial charge is 0.329 e. The Balaban J connectivity index is 1.88. The summed E-state index contributed by atoms with van der Waals surface area (Å²) in [6.45, 7) is 3.51. The summed E-state index contributed by atoms with van der Waals surface area (Å²) in [4.78, 5) is 26.7. The third-order valence-electron chi connectivity index (χ3n) is 6.47. The van der Waals surface area contributed by atoms with Crippen LogP contribution >= 0.6 is 9.24 Å². The molecule has 0 aliphatic rings. The van der Waals surface area contributed by atoms with E-state index in [-0.39, 0.29) is 42.2 Å². The third kappa shape index (κ3) is 8.83. The van der Waals surface area contributed by atoms with Crippen LogP contribution in [0.5, 0.6) is 5.75 Å². The topological polar surface area (TPSA) is 113 Å². The first-order chi connectivity index (χ1) is 19.6. The molecule has 220 valence electrons. The Hall–Kier alpha value is -3.33. The highest BCUT2D eigenvalue weighted by Crippen LogP contribution is 2.28. The van der Waals surface area contributed by atoms with Gasteiger partial charge in [0.2, 0.25) is 15.9 Å². The minimum Gasteiger partial charge on any atom is -0.508 e. The van der Waals surface area contributed by atoms with E-state index in [0.717, 1.165) is 9.87 Å². The Morgan fingerprint density at radius 1 is 1.00 bits per heavy atom. The van der Waals surface area contributed by atoms with E-state index in [1.165, 1.54) is 36.4 Å². The van der Waals surface area contributed by atoms with Crippen LogP contribution in [0, 0.1) is 0 Å². The molecule has 0 fully saturated rings. The van der Waals surface area contributed by atoms with E-state index < -0.39 is 39.9 Å². The van der Waals surface area contributed by atoms with Crippen molar-refractivity contribution in [2.75, 3.05) is 6.54 Å². The number of benzene rings is 3. The molecule has 3 aromatic carbocycles. The molecular formula is C30H36FN2O6PS. The zero-order valence-corrected chi connectivity index (χ0v) is 25.0. The molecule has 0 spiro atoms. The molecule has 3 aromatic rings. The van der Waals surface area contributed by atoms with Crippen molar-refractivity contribution in [3.63, 3.8) is 0 Å². The van der Waals surface area contributed by atoms with Gasteiger partial charge in [-0.05, 0) is 53.8 Å². The summed E-state index contributed by atoms with van der Waals surface area (Å²) in [5.41, 5.74) is 1.61. The number of sulfonamides is 1. The molecule has 0 aliphatic carbocycles. The fourth-order valence-corrected chi connectivity index (χ4v) is 6.34. The average molecular weight is 603 g/mol. The van der Waals surface area contributed by atoms with E-state index in [2.05, 4.69) is 5.32 Å². The molecule has 41 heavy (non-hydrogen) atoms. The number of carbonyl (C=O) groups is 2. The number of hydrogen-bond donors (Lipinski definition) is 2. The minimum absolute atomic E-state index is 0.00319. The van der Waals surface area contributed by atoms with Gasteiger partial charge in [0.25, 0.3) is 0 Å². The molecule has 0 saturated carbocycles. The van der Waals surface area contributed by atoms with Gasteiger partial charge in [0, 0.05) is 13.0 Å². The van der Waals surface area contributed by atoms with Gasteiger partial charge in [-0.2, -0.15) is 4.31 Å². The van der Waals surface area contributed by atoms with Crippen LogP contribution in [0.2, 0.25) is 0 Å². The lowest BCUT2D eigenvalue weighted by Crippen LogP contribution is -2.54. The van der Waals surface area contributed by atoms with Crippen molar-refractivity contribution in [2.45, 2.75) is 62.6 Å². The number of hydrogen-bond acceptors (Lipinski definition) is 6. The first-order valence-corrected chi connectivity index (χ1v) is 15.5. The summed E-state index contributed by atoms with van der Waals surface area (Å²) < 4.78 is 47.9. The van der Waals surface area contributed by atoms with Crippen molar-refractivity contribution in [2.24, 2.45) is 0 Å². The second-order valence-corrected chi connectivity index (χ2v) is 12.0. The van der Waals surface area contributed by atoms with Crippen LogP contribution in [0.15, 0.2) is 83.8 Å². The summed E-state index contributed by atoms with van der Waals surface area (Å²) in [6.07, 6.45) is 0.615. The summed E-state index contributed by atoms with van der Waals surface area (Å²) in [6, 6.07) is 18.6. The lowest BCUT2D eigenvalue weighted by molar-refractivity contribution is -0.149. The number of alkyl halides is 1. The van der Waals surface area contributed by atoms with Crippen LogP contribution in [0.3, 0.4) is 0 Å². The van der Waals surface area contributed by atoms with Gasteiger partial charge in [0.15, 0.2) is 0 Å². The quantitative estimate of drug-likeness (QED) is 0.201. The Labute approximate surface area is 243 Å². The molecule has 11 heteroatoms. The van der Waals surface area contributed by atoms with Gasteiger partial charge in [-0.15, -0.1) is 0 Å². The molecule has 0 heterocycles. The zero-order valence-electron chi connectivity index (χ0n) is 23.1. The molecular weight excluding hydrogens is 566 g/mol. The van der Waals surface area contributed by atoms with Crippen LogP contribution in [0.25, 0.3) is 0 Å². The fourth-order valence-electron chi connectivity index (χ4n) is 4.32. The van der Waals surface area contributed by atoms with Crippen LogP contribution in [0.4, 0.5) is 4.39 Å². The molecule has 4 atom stereocenters. The number of nitrogens with one attached hydrogen (secondary N) is 1. The molecule has 0 aliphatic heterocycles. The highest BCUT2D eigenvalue weighted by Gasteiger charge is 2.36. The van der Waals surface area contributed by atoms with E-state index in [4.69, 9.17) is 4.74 Å². The van der Waals surface area contributed by atoms with Crippen molar-refractivity contribution < 1.29 is 32.2 Å². The predicted molar refractivity (Wildman–Crippen MR) is 158 cm³/mol. The van der Waals surface area contributed by atoms with Crippen LogP contribution in [-0.2, 0) is 37.4 Å². The zero-order chi connectivity index (χ0) is 30.0. The maximum Gasteiger partial charge on any atom is 0.329 e. The van der Waals surface area contributed by atoms with E-state index >= 15 is 0 Å². The SMILES string of the molecule is CCCN([C@@H](CC)C(=O)N[C@@H](Cc1ccc(O)cc1)C(=O)OCc1ccccc1)S(=O)(=O)c1cccc(C(F)P)c1.